The van der Waals surface area contributed by atoms with E-state index in [0.717, 1.165) is 17.8 Å². The predicted octanol–water partition coefficient (Wildman–Crippen LogP) is 1.88. The van der Waals surface area contributed by atoms with Crippen LogP contribution in [0.4, 0.5) is 15.8 Å². The van der Waals surface area contributed by atoms with Crippen molar-refractivity contribution in [2.75, 3.05) is 41.6 Å². The Morgan fingerprint density at radius 3 is 2.28 bits per heavy atom. The summed E-state index contributed by atoms with van der Waals surface area (Å²) in [6.07, 6.45) is 3.74. The van der Waals surface area contributed by atoms with Crippen LogP contribution in [0.3, 0.4) is 0 Å². The van der Waals surface area contributed by atoms with E-state index >= 15 is 0 Å². The topological polar surface area (TPSA) is 99.7 Å². The SMILES string of the molecule is CCCS(=O)(=O)Nc1ccc(S(=O)(=O)N2CCN(c3ccncc3)CC2)cc1F. The van der Waals surface area contributed by atoms with Crippen LogP contribution in [0.25, 0.3) is 0 Å². The van der Waals surface area contributed by atoms with Gasteiger partial charge in [0, 0.05) is 44.3 Å². The minimum atomic E-state index is -3.88. The highest BCUT2D eigenvalue weighted by atomic mass is 32.2. The number of pyridine rings is 1. The summed E-state index contributed by atoms with van der Waals surface area (Å²) in [7, 11) is -7.55. The van der Waals surface area contributed by atoms with Crippen LogP contribution >= 0.6 is 0 Å². The Kier molecular flexibility index (Phi) is 6.39. The van der Waals surface area contributed by atoms with Crippen LogP contribution < -0.4 is 9.62 Å². The molecule has 1 aromatic heterocycles. The number of hydrogen-bond acceptors (Lipinski definition) is 6. The van der Waals surface area contributed by atoms with Gasteiger partial charge < -0.3 is 4.90 Å². The zero-order valence-electron chi connectivity index (χ0n) is 16.0. The molecule has 0 amide bonds. The first kappa shape index (κ1) is 21.5. The van der Waals surface area contributed by atoms with Crippen LogP contribution in [0.1, 0.15) is 13.3 Å². The van der Waals surface area contributed by atoms with E-state index in [4.69, 9.17) is 0 Å². The molecule has 1 fully saturated rings. The smallest absolute Gasteiger partial charge is 0.243 e. The highest BCUT2D eigenvalue weighted by Gasteiger charge is 2.29. The number of sulfonamides is 2. The van der Waals surface area contributed by atoms with Crippen molar-refractivity contribution < 1.29 is 21.2 Å². The van der Waals surface area contributed by atoms with Crippen LogP contribution in [0, 0.1) is 5.82 Å². The van der Waals surface area contributed by atoms with Gasteiger partial charge in [-0.15, -0.1) is 0 Å². The van der Waals surface area contributed by atoms with Crippen molar-refractivity contribution in [2.45, 2.75) is 18.2 Å². The molecule has 11 heteroatoms. The second-order valence-corrected chi connectivity index (χ2v) is 10.4. The summed E-state index contributed by atoms with van der Waals surface area (Å²) in [6, 6.07) is 6.93. The standard InChI is InChI=1S/C18H23FN4O4S2/c1-2-13-28(24,25)21-18-4-3-16(14-17(18)19)29(26,27)23-11-9-22(10-12-23)15-5-7-20-8-6-15/h3-8,14,21H,2,9-13H2,1H3. The zero-order chi connectivity index (χ0) is 21.1. The second kappa shape index (κ2) is 8.64. The van der Waals surface area contributed by atoms with Gasteiger partial charge in [0.1, 0.15) is 5.82 Å². The predicted molar refractivity (Wildman–Crippen MR) is 109 cm³/mol. The van der Waals surface area contributed by atoms with Crippen molar-refractivity contribution in [1.82, 2.24) is 9.29 Å². The fourth-order valence-electron chi connectivity index (χ4n) is 3.12. The van der Waals surface area contributed by atoms with Gasteiger partial charge in [-0.2, -0.15) is 4.31 Å². The van der Waals surface area contributed by atoms with Crippen molar-refractivity contribution in [2.24, 2.45) is 0 Å². The average Bonchev–Trinajstić information content (AvgIpc) is 2.70. The van der Waals surface area contributed by atoms with Gasteiger partial charge in [-0.25, -0.2) is 21.2 Å². The molecule has 1 saturated heterocycles. The molecule has 0 radical (unpaired) electrons. The molecule has 0 aliphatic carbocycles. The van der Waals surface area contributed by atoms with Crippen LogP contribution in [-0.2, 0) is 20.0 Å². The number of nitrogens with one attached hydrogen (secondary N) is 1. The van der Waals surface area contributed by atoms with Gasteiger partial charge in [0.25, 0.3) is 0 Å². The maximum Gasteiger partial charge on any atom is 0.243 e. The molecule has 0 spiro atoms. The third kappa shape index (κ3) is 5.03. The van der Waals surface area contributed by atoms with Crippen molar-refractivity contribution in [1.29, 1.82) is 0 Å². The maximum atomic E-state index is 14.4. The first-order valence-corrected chi connectivity index (χ1v) is 12.3. The normalized spacial score (nSPS) is 16.0. The van der Waals surface area contributed by atoms with E-state index in [-0.39, 0.29) is 29.4 Å². The molecule has 2 aromatic rings. The van der Waals surface area contributed by atoms with E-state index < -0.39 is 25.9 Å². The second-order valence-electron chi connectivity index (χ2n) is 6.66. The first-order valence-electron chi connectivity index (χ1n) is 9.18. The quantitative estimate of drug-likeness (QED) is 0.703. The molecule has 1 aliphatic rings. The number of hydrogen-bond donors (Lipinski definition) is 1. The Balaban J connectivity index is 1.72. The fourth-order valence-corrected chi connectivity index (χ4v) is 5.69. The Morgan fingerprint density at radius 2 is 1.69 bits per heavy atom. The molecule has 2 heterocycles. The average molecular weight is 443 g/mol. The molecule has 0 saturated carbocycles. The number of aromatic nitrogens is 1. The summed E-state index contributed by atoms with van der Waals surface area (Å²) in [4.78, 5) is 5.82. The summed E-state index contributed by atoms with van der Waals surface area (Å²) < 4.78 is 67.2. The Morgan fingerprint density at radius 1 is 1.03 bits per heavy atom. The molecule has 8 nitrogen and oxygen atoms in total. The van der Waals surface area contributed by atoms with E-state index in [2.05, 4.69) is 14.6 Å². The van der Waals surface area contributed by atoms with Gasteiger partial charge in [0.15, 0.2) is 0 Å². The van der Waals surface area contributed by atoms with E-state index in [1.807, 2.05) is 12.1 Å². The minimum absolute atomic E-state index is 0.145. The Hall–Kier alpha value is -2.24. The molecule has 1 aliphatic heterocycles. The fraction of sp³-hybridized carbons (Fsp3) is 0.389. The third-order valence-electron chi connectivity index (χ3n) is 4.58. The van der Waals surface area contributed by atoms with Gasteiger partial charge >= 0.3 is 0 Å². The molecule has 0 unspecified atom stereocenters. The van der Waals surface area contributed by atoms with E-state index in [0.29, 0.717) is 19.5 Å². The van der Waals surface area contributed by atoms with Gasteiger partial charge in [-0.05, 0) is 36.8 Å². The van der Waals surface area contributed by atoms with Gasteiger partial charge in [0.2, 0.25) is 20.0 Å². The van der Waals surface area contributed by atoms with Crippen LogP contribution in [-0.4, -0.2) is 58.1 Å². The summed E-state index contributed by atoms with van der Waals surface area (Å²) in [5, 5.41) is 0. The molecular weight excluding hydrogens is 419 g/mol. The monoisotopic (exact) mass is 442 g/mol. The molecule has 158 valence electrons. The Bertz CT molecular complexity index is 1050. The molecular formula is C18H23FN4O4S2. The van der Waals surface area contributed by atoms with E-state index in [9.17, 15) is 21.2 Å². The van der Waals surface area contributed by atoms with Crippen molar-refractivity contribution in [3.63, 3.8) is 0 Å². The lowest BCUT2D eigenvalue weighted by Crippen LogP contribution is -2.48. The van der Waals surface area contributed by atoms with E-state index in [1.54, 1.807) is 19.3 Å². The van der Waals surface area contributed by atoms with Crippen molar-refractivity contribution in [3.8, 4) is 0 Å². The number of nitrogens with zero attached hydrogens (tertiary/aromatic N) is 3. The summed E-state index contributed by atoms with van der Waals surface area (Å²) >= 11 is 0. The largest absolute Gasteiger partial charge is 0.369 e. The molecule has 3 rings (SSSR count). The van der Waals surface area contributed by atoms with Crippen molar-refractivity contribution >= 4 is 31.4 Å². The number of piperazine rings is 1. The van der Waals surface area contributed by atoms with E-state index in [1.165, 1.54) is 10.4 Å². The van der Waals surface area contributed by atoms with Crippen LogP contribution in [0.2, 0.25) is 0 Å². The van der Waals surface area contributed by atoms with Crippen LogP contribution in [0.15, 0.2) is 47.6 Å². The minimum Gasteiger partial charge on any atom is -0.369 e. The molecule has 0 bridgehead atoms. The van der Waals surface area contributed by atoms with Gasteiger partial charge in [0.05, 0.1) is 16.3 Å². The number of benzene rings is 1. The number of anilines is 2. The summed E-state index contributed by atoms with van der Waals surface area (Å²) in [5.41, 5.74) is 0.701. The number of rotatable bonds is 7. The first-order chi connectivity index (χ1) is 13.7. The molecule has 1 aromatic carbocycles. The lowest BCUT2D eigenvalue weighted by atomic mass is 10.3. The lowest BCUT2D eigenvalue weighted by molar-refractivity contribution is 0.384. The van der Waals surface area contributed by atoms with Crippen LogP contribution in [0.5, 0.6) is 0 Å². The third-order valence-corrected chi connectivity index (χ3v) is 7.95. The molecule has 1 N–H and O–H groups in total. The Labute approximate surface area is 170 Å². The summed E-state index contributed by atoms with van der Waals surface area (Å²) in [5.74, 6) is -1.07. The summed E-state index contributed by atoms with van der Waals surface area (Å²) in [6.45, 7) is 3.22. The number of halogens is 1. The highest BCUT2D eigenvalue weighted by molar-refractivity contribution is 7.92. The highest BCUT2D eigenvalue weighted by Crippen LogP contribution is 2.24. The molecule has 0 atom stereocenters. The maximum absolute atomic E-state index is 14.4. The van der Waals surface area contributed by atoms with Gasteiger partial charge in [-0.3, -0.25) is 9.71 Å². The zero-order valence-corrected chi connectivity index (χ0v) is 17.6. The van der Waals surface area contributed by atoms with Crippen molar-refractivity contribution in [3.05, 3.63) is 48.5 Å². The lowest BCUT2D eigenvalue weighted by Gasteiger charge is -2.35. The molecule has 29 heavy (non-hydrogen) atoms. The van der Waals surface area contributed by atoms with Gasteiger partial charge in [-0.1, -0.05) is 6.92 Å².